The van der Waals surface area contributed by atoms with Crippen LogP contribution in [0.25, 0.3) is 11.5 Å². The standard InChI is InChI=1S/C16H10ClF3N2O3.C8H17NO2/c17-12-5-6-13(23)10(7-12)8-22-15(24)25-14(21-22)9-1-3-11(4-2-9)16(18,19)20;1-4-9(3,5-2)7-6-8(10)11/h1-7,23H,8H2;4-7H2,1-3H3. The molecule has 8 nitrogen and oxygen atoms in total. The van der Waals surface area contributed by atoms with Crippen LogP contribution in [0.1, 0.15) is 31.4 Å². The number of carboxylic acid groups (broad SMARTS) is 1. The lowest BCUT2D eigenvalue weighted by molar-refractivity contribution is -0.905. The number of hydrogen-bond acceptors (Lipinski definition) is 6. The Labute approximate surface area is 210 Å². The Kier molecular flexibility index (Phi) is 9.71. The molecule has 36 heavy (non-hydrogen) atoms. The van der Waals surface area contributed by atoms with Gasteiger partial charge in [0.15, 0.2) is 0 Å². The van der Waals surface area contributed by atoms with Crippen molar-refractivity contribution >= 4 is 17.6 Å². The van der Waals surface area contributed by atoms with Crippen molar-refractivity contribution in [1.29, 1.82) is 0 Å². The number of aromatic hydroxyl groups is 1. The van der Waals surface area contributed by atoms with E-state index in [9.17, 15) is 33.0 Å². The molecule has 0 aliphatic carbocycles. The Morgan fingerprint density at radius 3 is 2.31 bits per heavy atom. The fourth-order valence-corrected chi connectivity index (χ4v) is 3.26. The van der Waals surface area contributed by atoms with E-state index < -0.39 is 23.5 Å². The molecule has 0 spiro atoms. The predicted molar refractivity (Wildman–Crippen MR) is 125 cm³/mol. The molecule has 0 saturated carbocycles. The van der Waals surface area contributed by atoms with Gasteiger partial charge in [-0.1, -0.05) is 11.6 Å². The van der Waals surface area contributed by atoms with Gasteiger partial charge in [0.25, 0.3) is 0 Å². The van der Waals surface area contributed by atoms with Crippen LogP contribution in [-0.4, -0.2) is 52.0 Å². The van der Waals surface area contributed by atoms with Crippen LogP contribution in [-0.2, 0) is 17.5 Å². The lowest BCUT2D eigenvalue weighted by Gasteiger charge is -2.32. The maximum atomic E-state index is 12.6. The van der Waals surface area contributed by atoms with Crippen molar-refractivity contribution in [3.8, 4) is 17.2 Å². The third-order valence-corrected chi connectivity index (χ3v) is 6.04. The monoisotopic (exact) mass is 529 g/mol. The number of benzene rings is 2. The lowest BCUT2D eigenvalue weighted by atomic mass is 10.1. The van der Waals surface area contributed by atoms with Gasteiger partial charge in [-0.25, -0.2) is 4.79 Å². The summed E-state index contributed by atoms with van der Waals surface area (Å²) in [4.78, 5) is 22.0. The van der Waals surface area contributed by atoms with E-state index in [1.165, 1.54) is 18.2 Å². The minimum atomic E-state index is -4.46. The highest BCUT2D eigenvalue weighted by Gasteiger charge is 2.30. The third kappa shape index (κ3) is 8.13. The number of rotatable bonds is 8. The second kappa shape index (κ2) is 12.1. The van der Waals surface area contributed by atoms with Gasteiger partial charge >= 0.3 is 11.9 Å². The van der Waals surface area contributed by atoms with Gasteiger partial charge in [-0.3, -0.25) is 0 Å². The first-order chi connectivity index (χ1) is 16.8. The van der Waals surface area contributed by atoms with E-state index in [-0.39, 0.29) is 30.2 Å². The first kappa shape index (κ1) is 28.9. The Hall–Kier alpha value is -3.31. The fraction of sp³-hybridized carbons (Fsp3) is 0.375. The van der Waals surface area contributed by atoms with Crippen LogP contribution in [0.15, 0.2) is 51.7 Å². The zero-order valence-corrected chi connectivity index (χ0v) is 20.8. The van der Waals surface area contributed by atoms with Crippen LogP contribution < -0.4 is 10.9 Å². The molecule has 0 fully saturated rings. The molecule has 1 heterocycles. The van der Waals surface area contributed by atoms with Gasteiger partial charge in [-0.05, 0) is 56.3 Å². The largest absolute Gasteiger partial charge is 0.550 e. The second-order valence-corrected chi connectivity index (χ2v) is 8.71. The number of hydrogen-bond donors (Lipinski definition) is 1. The fourth-order valence-electron chi connectivity index (χ4n) is 3.07. The molecule has 1 aromatic heterocycles. The molecule has 1 N–H and O–H groups in total. The summed E-state index contributed by atoms with van der Waals surface area (Å²) in [5, 5.41) is 24.2. The Balaban J connectivity index is 0.000000352. The van der Waals surface area contributed by atoms with Crippen molar-refractivity contribution in [2.75, 3.05) is 26.7 Å². The molecule has 2 aromatic carbocycles. The maximum absolute atomic E-state index is 12.6. The molecule has 196 valence electrons. The topological polar surface area (TPSA) is 108 Å². The van der Waals surface area contributed by atoms with Crippen molar-refractivity contribution in [3.05, 3.63) is 69.2 Å². The summed E-state index contributed by atoms with van der Waals surface area (Å²) in [6.07, 6.45) is -4.29. The Bertz CT molecular complexity index is 1220. The van der Waals surface area contributed by atoms with E-state index in [0.717, 1.165) is 46.5 Å². The van der Waals surface area contributed by atoms with Gasteiger partial charge in [-0.2, -0.15) is 17.9 Å². The van der Waals surface area contributed by atoms with Crippen LogP contribution in [0.5, 0.6) is 5.75 Å². The van der Waals surface area contributed by atoms with Crippen molar-refractivity contribution in [3.63, 3.8) is 0 Å². The molecular weight excluding hydrogens is 503 g/mol. The smallest absolute Gasteiger partial charge is 0.437 e. The molecule has 12 heteroatoms. The van der Waals surface area contributed by atoms with Gasteiger partial charge in [0.05, 0.1) is 38.8 Å². The normalized spacial score (nSPS) is 11.6. The first-order valence-corrected chi connectivity index (χ1v) is 11.4. The molecule has 3 rings (SSSR count). The number of aromatic nitrogens is 2. The van der Waals surface area contributed by atoms with Gasteiger partial charge in [0.1, 0.15) is 5.75 Å². The molecule has 0 aliphatic heterocycles. The highest BCUT2D eigenvalue weighted by molar-refractivity contribution is 6.30. The average molecular weight is 530 g/mol. The summed E-state index contributed by atoms with van der Waals surface area (Å²) < 4.78 is 44.5. The molecule has 0 radical (unpaired) electrons. The minimum absolute atomic E-state index is 0.0737. The molecule has 0 saturated heterocycles. The quantitative estimate of drug-likeness (QED) is 0.447. The summed E-state index contributed by atoms with van der Waals surface area (Å²) in [5.74, 6) is -1.96. The number of halogens is 4. The number of carbonyl (C=O) groups is 1. The van der Waals surface area contributed by atoms with E-state index >= 15 is 0 Å². The van der Waals surface area contributed by atoms with Crippen molar-refractivity contribution < 1.29 is 37.1 Å². The second-order valence-electron chi connectivity index (χ2n) is 8.28. The van der Waals surface area contributed by atoms with Crippen LogP contribution >= 0.6 is 11.6 Å². The number of quaternary nitrogens is 1. The van der Waals surface area contributed by atoms with E-state index in [4.69, 9.17) is 16.0 Å². The number of carboxylic acids is 1. The van der Waals surface area contributed by atoms with Crippen LogP contribution in [0.4, 0.5) is 13.2 Å². The average Bonchev–Trinajstić information content (AvgIpc) is 3.20. The van der Waals surface area contributed by atoms with Crippen LogP contribution in [0.3, 0.4) is 0 Å². The summed E-state index contributed by atoms with van der Waals surface area (Å²) in [7, 11) is 2.06. The summed E-state index contributed by atoms with van der Waals surface area (Å²) in [6.45, 7) is 6.66. The molecule has 0 amide bonds. The van der Waals surface area contributed by atoms with E-state index in [1.54, 1.807) is 0 Å². The number of nitrogens with zero attached hydrogens (tertiary/aromatic N) is 3. The van der Waals surface area contributed by atoms with Crippen LogP contribution in [0.2, 0.25) is 5.02 Å². The van der Waals surface area contributed by atoms with E-state index in [0.29, 0.717) is 17.1 Å². The molecule has 0 unspecified atom stereocenters. The number of phenols is 1. The number of aliphatic carboxylic acids is 1. The van der Waals surface area contributed by atoms with Gasteiger partial charge in [0.2, 0.25) is 5.89 Å². The summed E-state index contributed by atoms with van der Waals surface area (Å²) in [6, 6.07) is 8.40. The number of alkyl halides is 3. The summed E-state index contributed by atoms with van der Waals surface area (Å²) >= 11 is 5.84. The summed E-state index contributed by atoms with van der Waals surface area (Å²) in [5.41, 5.74) is -0.247. The van der Waals surface area contributed by atoms with Crippen LogP contribution in [0, 0.1) is 0 Å². The SMILES string of the molecule is CC[N+](C)(CC)CCC(=O)[O-].O=c1oc(-c2ccc(C(F)(F)F)cc2)nn1Cc1cc(Cl)ccc1O. The molecule has 3 aromatic rings. The Morgan fingerprint density at radius 1 is 1.17 bits per heavy atom. The number of phenolic OH excluding ortho intramolecular Hbond substituents is 1. The molecule has 0 bridgehead atoms. The Morgan fingerprint density at radius 2 is 1.78 bits per heavy atom. The van der Waals surface area contributed by atoms with Gasteiger partial charge in [0, 0.05) is 28.5 Å². The zero-order chi connectivity index (χ0) is 27.1. The highest BCUT2D eigenvalue weighted by atomic mass is 35.5. The molecular formula is C24H27ClF3N3O5. The first-order valence-electron chi connectivity index (χ1n) is 11.0. The van der Waals surface area contributed by atoms with Gasteiger partial charge in [-0.15, -0.1) is 5.10 Å². The number of carbonyl (C=O) groups excluding carboxylic acids is 1. The predicted octanol–water partition coefficient (Wildman–Crippen LogP) is 3.54. The van der Waals surface area contributed by atoms with Crippen molar-refractivity contribution in [2.24, 2.45) is 0 Å². The molecule has 0 atom stereocenters. The zero-order valence-electron chi connectivity index (χ0n) is 20.0. The highest BCUT2D eigenvalue weighted by Crippen LogP contribution is 2.30. The maximum Gasteiger partial charge on any atom is 0.437 e. The van der Waals surface area contributed by atoms with Crippen molar-refractivity contribution in [1.82, 2.24) is 9.78 Å². The van der Waals surface area contributed by atoms with Gasteiger partial charge < -0.3 is 23.9 Å². The third-order valence-electron chi connectivity index (χ3n) is 5.81. The minimum Gasteiger partial charge on any atom is -0.550 e. The lowest BCUT2D eigenvalue weighted by Crippen LogP contribution is -2.46. The van der Waals surface area contributed by atoms with Crippen molar-refractivity contribution in [2.45, 2.75) is 33.0 Å². The molecule has 0 aliphatic rings. The van der Waals surface area contributed by atoms with E-state index in [1.807, 2.05) is 0 Å². The van der Waals surface area contributed by atoms with E-state index in [2.05, 4.69) is 26.0 Å².